The minimum atomic E-state index is -0.414. The highest BCUT2D eigenvalue weighted by molar-refractivity contribution is 5.86. The molecule has 25 heavy (non-hydrogen) atoms. The summed E-state index contributed by atoms with van der Waals surface area (Å²) in [5, 5.41) is 9.62. The van der Waals surface area contributed by atoms with E-state index in [1.54, 1.807) is 0 Å². The monoisotopic (exact) mass is 342 g/mol. The molecule has 1 amide bonds. The molecule has 2 bridgehead atoms. The molecule has 0 radical (unpaired) electrons. The maximum Gasteiger partial charge on any atom is 0.231 e. The topological polar surface area (TPSA) is 43.8 Å². The summed E-state index contributed by atoms with van der Waals surface area (Å²) in [6.45, 7) is 4.19. The van der Waals surface area contributed by atoms with E-state index in [9.17, 15) is 9.90 Å². The second-order valence-electron chi connectivity index (χ2n) is 8.34. The average molecular weight is 342 g/mol. The van der Waals surface area contributed by atoms with Crippen LogP contribution in [0.4, 0.5) is 0 Å². The van der Waals surface area contributed by atoms with E-state index in [4.69, 9.17) is 0 Å². The Morgan fingerprint density at radius 2 is 1.92 bits per heavy atom. The molecule has 4 heteroatoms. The van der Waals surface area contributed by atoms with Crippen molar-refractivity contribution < 1.29 is 9.90 Å². The van der Waals surface area contributed by atoms with E-state index in [1.807, 2.05) is 0 Å². The molecule has 0 unspecified atom stereocenters. The number of nitrogens with zero attached hydrogens (tertiary/aromatic N) is 2. The summed E-state index contributed by atoms with van der Waals surface area (Å²) in [4.78, 5) is 17.6. The van der Waals surface area contributed by atoms with E-state index in [2.05, 4.69) is 40.1 Å². The Kier molecular flexibility index (Phi) is 4.83. The van der Waals surface area contributed by atoms with Crippen LogP contribution in [0.5, 0.6) is 0 Å². The zero-order valence-corrected chi connectivity index (χ0v) is 15.1. The van der Waals surface area contributed by atoms with Crippen molar-refractivity contribution in [2.75, 3.05) is 32.8 Å². The van der Waals surface area contributed by atoms with Gasteiger partial charge in [0.25, 0.3) is 0 Å². The highest BCUT2D eigenvalue weighted by Crippen LogP contribution is 2.48. The fourth-order valence-corrected chi connectivity index (χ4v) is 4.66. The molecule has 1 aliphatic carbocycles. The van der Waals surface area contributed by atoms with Crippen LogP contribution in [-0.4, -0.2) is 59.6 Å². The molecule has 1 saturated carbocycles. The number of piperidine rings is 1. The van der Waals surface area contributed by atoms with Gasteiger partial charge in [-0.15, -0.1) is 0 Å². The molecule has 4 aliphatic rings. The third-order valence-electron chi connectivity index (χ3n) is 6.44. The van der Waals surface area contributed by atoms with Gasteiger partial charge in [0.1, 0.15) is 0 Å². The van der Waals surface area contributed by atoms with E-state index in [-0.39, 0.29) is 12.5 Å². The average Bonchev–Trinajstić information content (AvgIpc) is 3.47. The summed E-state index contributed by atoms with van der Waals surface area (Å²) < 4.78 is 0. The number of carbonyl (C=O) groups is 1. The molecule has 0 aromatic heterocycles. The smallest absolute Gasteiger partial charge is 0.231 e. The number of aryl methyl sites for hydroxylation is 1. The first-order chi connectivity index (χ1) is 12.2. The van der Waals surface area contributed by atoms with Crippen LogP contribution in [0.3, 0.4) is 0 Å². The van der Waals surface area contributed by atoms with Crippen LogP contribution < -0.4 is 0 Å². The fraction of sp³-hybridized carbons (Fsp3) is 0.667. The number of aliphatic hydroxyl groups excluding tert-OH is 1. The van der Waals surface area contributed by atoms with Crippen LogP contribution in [0.15, 0.2) is 30.3 Å². The molecular weight excluding hydrogens is 312 g/mol. The zero-order chi connectivity index (χ0) is 17.3. The highest BCUT2D eigenvalue weighted by atomic mass is 16.3. The normalized spacial score (nSPS) is 28.0. The molecule has 2 atom stereocenters. The summed E-state index contributed by atoms with van der Waals surface area (Å²) in [5.74, 6) is 0.838. The van der Waals surface area contributed by atoms with Gasteiger partial charge >= 0.3 is 0 Å². The van der Waals surface area contributed by atoms with E-state index >= 15 is 0 Å². The summed E-state index contributed by atoms with van der Waals surface area (Å²) in [6, 6.07) is 11.1. The fourth-order valence-electron chi connectivity index (χ4n) is 4.66. The van der Waals surface area contributed by atoms with Gasteiger partial charge in [-0.05, 0) is 56.6 Å². The zero-order valence-electron chi connectivity index (χ0n) is 15.1. The first-order valence-corrected chi connectivity index (χ1v) is 9.88. The molecule has 3 heterocycles. The molecule has 1 N–H and O–H groups in total. The lowest BCUT2D eigenvalue weighted by molar-refractivity contribution is -0.142. The number of aliphatic hydroxyl groups is 1. The third kappa shape index (κ3) is 3.61. The van der Waals surface area contributed by atoms with Gasteiger partial charge in [-0.1, -0.05) is 30.3 Å². The molecule has 3 aliphatic heterocycles. The number of benzene rings is 1. The van der Waals surface area contributed by atoms with E-state index < -0.39 is 5.41 Å². The second kappa shape index (κ2) is 7.08. The minimum absolute atomic E-state index is 0.0283. The first-order valence-electron chi connectivity index (χ1n) is 9.88. The van der Waals surface area contributed by atoms with Gasteiger partial charge in [0.05, 0.1) is 12.0 Å². The van der Waals surface area contributed by atoms with Crippen LogP contribution in [0.1, 0.15) is 37.7 Å². The largest absolute Gasteiger partial charge is 0.395 e. The van der Waals surface area contributed by atoms with Gasteiger partial charge in [0.15, 0.2) is 0 Å². The van der Waals surface area contributed by atoms with Gasteiger partial charge in [-0.2, -0.15) is 0 Å². The molecule has 1 aromatic rings. The summed E-state index contributed by atoms with van der Waals surface area (Å²) >= 11 is 0. The lowest BCUT2D eigenvalue weighted by atomic mass is 9.93. The molecule has 1 aromatic carbocycles. The number of fused-ring (bicyclic) bond motifs is 4. The molecule has 136 valence electrons. The maximum atomic E-state index is 12.9. The number of amides is 1. The molecule has 0 spiro atoms. The Morgan fingerprint density at radius 1 is 1.12 bits per heavy atom. The maximum absolute atomic E-state index is 12.9. The van der Waals surface area contributed by atoms with Crippen LogP contribution >= 0.6 is 0 Å². The van der Waals surface area contributed by atoms with Crippen molar-refractivity contribution in [2.45, 2.75) is 44.6 Å². The lowest BCUT2D eigenvalue weighted by Crippen LogP contribution is -2.50. The Balaban J connectivity index is 1.34. The van der Waals surface area contributed by atoms with Crippen molar-refractivity contribution in [3.8, 4) is 0 Å². The Morgan fingerprint density at radius 3 is 2.64 bits per heavy atom. The van der Waals surface area contributed by atoms with Gasteiger partial charge in [-0.25, -0.2) is 0 Å². The molecule has 4 nitrogen and oxygen atoms in total. The van der Waals surface area contributed by atoms with Crippen molar-refractivity contribution in [1.29, 1.82) is 0 Å². The third-order valence-corrected chi connectivity index (χ3v) is 6.44. The van der Waals surface area contributed by atoms with Crippen molar-refractivity contribution in [2.24, 2.45) is 11.3 Å². The Labute approximate surface area is 150 Å². The predicted octanol–water partition coefficient (Wildman–Crippen LogP) is 2.31. The van der Waals surface area contributed by atoms with Crippen LogP contribution in [0.2, 0.25) is 0 Å². The second-order valence-corrected chi connectivity index (χ2v) is 8.34. The van der Waals surface area contributed by atoms with E-state index in [0.717, 1.165) is 51.9 Å². The number of hydrogen-bond donors (Lipinski definition) is 1. The van der Waals surface area contributed by atoms with Crippen LogP contribution in [0, 0.1) is 11.3 Å². The van der Waals surface area contributed by atoms with Gasteiger partial charge in [0, 0.05) is 25.7 Å². The number of rotatable bonds is 6. The SMILES string of the molecule is O=C(N1C[C@H]2CC[C@@H]1CN(CCCc1ccccc1)C2)C1(CO)CC1. The van der Waals surface area contributed by atoms with Crippen LogP contribution in [0.25, 0.3) is 0 Å². The molecule has 3 saturated heterocycles. The van der Waals surface area contributed by atoms with Gasteiger partial charge < -0.3 is 14.9 Å². The minimum Gasteiger partial charge on any atom is -0.395 e. The summed E-state index contributed by atoms with van der Waals surface area (Å²) in [6.07, 6.45) is 6.43. The van der Waals surface area contributed by atoms with Gasteiger partial charge in [0.2, 0.25) is 5.91 Å². The van der Waals surface area contributed by atoms with Crippen molar-refractivity contribution >= 4 is 5.91 Å². The standard InChI is InChI=1S/C21H30N2O2/c24-16-21(10-11-21)20(25)23-14-18-8-9-19(23)15-22(13-18)12-4-7-17-5-2-1-3-6-17/h1-3,5-6,18-19,24H,4,7-16H2/t18-,19+/m0/s1. The quantitative estimate of drug-likeness (QED) is 0.863. The Bertz CT molecular complexity index is 599. The summed E-state index contributed by atoms with van der Waals surface area (Å²) in [5.41, 5.74) is 0.999. The van der Waals surface area contributed by atoms with Gasteiger partial charge in [-0.3, -0.25) is 4.79 Å². The first kappa shape index (κ1) is 17.0. The van der Waals surface area contributed by atoms with Crippen LogP contribution in [-0.2, 0) is 11.2 Å². The van der Waals surface area contributed by atoms with Crippen molar-refractivity contribution in [1.82, 2.24) is 9.80 Å². The summed E-state index contributed by atoms with van der Waals surface area (Å²) in [7, 11) is 0. The van der Waals surface area contributed by atoms with E-state index in [1.165, 1.54) is 18.4 Å². The lowest BCUT2D eigenvalue weighted by Gasteiger charge is -2.38. The molecule has 5 rings (SSSR count). The van der Waals surface area contributed by atoms with Crippen molar-refractivity contribution in [3.05, 3.63) is 35.9 Å². The molecule has 4 fully saturated rings. The highest BCUT2D eigenvalue weighted by Gasteiger charge is 2.53. The Hall–Kier alpha value is -1.39. The number of hydrogen-bond acceptors (Lipinski definition) is 3. The predicted molar refractivity (Wildman–Crippen MR) is 98.2 cm³/mol. The van der Waals surface area contributed by atoms with E-state index in [0.29, 0.717) is 12.0 Å². The number of carbonyl (C=O) groups excluding carboxylic acids is 1. The van der Waals surface area contributed by atoms with Crippen molar-refractivity contribution in [3.63, 3.8) is 0 Å². The molecular formula is C21H30N2O2.